The number of nitrogens with zero attached hydrogens (tertiary/aromatic N) is 1. The molecular formula is C14H19BrN2. The van der Waals surface area contributed by atoms with Crippen LogP contribution in [0.3, 0.4) is 0 Å². The number of hydrogen-bond donors (Lipinski definition) is 1. The predicted molar refractivity (Wildman–Crippen MR) is 75.5 cm³/mol. The highest BCUT2D eigenvalue weighted by molar-refractivity contribution is 9.10. The molecule has 92 valence electrons. The Hall–Kier alpha value is -0.540. The first kappa shape index (κ1) is 11.5. The van der Waals surface area contributed by atoms with Crippen molar-refractivity contribution in [2.75, 3.05) is 18.4 Å². The summed E-state index contributed by atoms with van der Waals surface area (Å²) in [6.45, 7) is 4.66. The van der Waals surface area contributed by atoms with Gasteiger partial charge in [-0.25, -0.2) is 0 Å². The zero-order valence-electron chi connectivity index (χ0n) is 10.2. The van der Waals surface area contributed by atoms with Crippen LogP contribution in [-0.4, -0.2) is 30.1 Å². The van der Waals surface area contributed by atoms with E-state index in [2.05, 4.69) is 51.3 Å². The van der Waals surface area contributed by atoms with Crippen molar-refractivity contribution in [2.45, 2.75) is 38.3 Å². The second-order valence-corrected chi connectivity index (χ2v) is 6.23. The number of anilines is 1. The van der Waals surface area contributed by atoms with E-state index in [1.807, 2.05) is 0 Å². The Morgan fingerprint density at radius 3 is 2.88 bits per heavy atom. The topological polar surface area (TPSA) is 15.3 Å². The van der Waals surface area contributed by atoms with Crippen LogP contribution in [0.25, 0.3) is 0 Å². The van der Waals surface area contributed by atoms with Gasteiger partial charge in [0, 0.05) is 35.3 Å². The molecule has 1 aliphatic heterocycles. The first-order valence-corrected chi connectivity index (χ1v) is 7.28. The van der Waals surface area contributed by atoms with E-state index in [1.54, 1.807) is 0 Å². The predicted octanol–water partition coefficient (Wildman–Crippen LogP) is 3.41. The van der Waals surface area contributed by atoms with Gasteiger partial charge in [0.2, 0.25) is 0 Å². The van der Waals surface area contributed by atoms with E-state index in [0.29, 0.717) is 6.04 Å². The van der Waals surface area contributed by atoms with Gasteiger partial charge in [-0.05, 0) is 43.9 Å². The lowest BCUT2D eigenvalue weighted by Gasteiger charge is -2.18. The Labute approximate surface area is 112 Å². The normalized spacial score (nSPS) is 25.2. The van der Waals surface area contributed by atoms with E-state index >= 15 is 0 Å². The molecule has 1 saturated carbocycles. The molecule has 1 aliphatic carbocycles. The summed E-state index contributed by atoms with van der Waals surface area (Å²) in [4.78, 5) is 2.64. The summed E-state index contributed by atoms with van der Waals surface area (Å²) < 4.78 is 1.16. The van der Waals surface area contributed by atoms with Gasteiger partial charge in [0.25, 0.3) is 0 Å². The number of rotatable bonds is 3. The lowest BCUT2D eigenvalue weighted by atomic mass is 10.1. The molecule has 0 radical (unpaired) electrons. The summed E-state index contributed by atoms with van der Waals surface area (Å²) in [5.74, 6) is 0. The third-order valence-electron chi connectivity index (χ3n) is 3.84. The SMILES string of the molecule is Cc1ccc(Br)cc1NC1CCN(C2CC2)C1. The number of hydrogen-bond acceptors (Lipinski definition) is 2. The Morgan fingerprint density at radius 1 is 1.29 bits per heavy atom. The van der Waals surface area contributed by atoms with E-state index in [-0.39, 0.29) is 0 Å². The van der Waals surface area contributed by atoms with Crippen molar-refractivity contribution < 1.29 is 0 Å². The number of halogens is 1. The smallest absolute Gasteiger partial charge is 0.0400 e. The molecule has 1 unspecified atom stereocenters. The summed E-state index contributed by atoms with van der Waals surface area (Å²) in [7, 11) is 0. The lowest BCUT2D eigenvalue weighted by Crippen LogP contribution is -2.27. The van der Waals surface area contributed by atoms with Crippen LogP contribution in [0.5, 0.6) is 0 Å². The molecule has 0 bridgehead atoms. The Kier molecular flexibility index (Phi) is 3.14. The molecule has 1 atom stereocenters. The summed E-state index contributed by atoms with van der Waals surface area (Å²) in [5.41, 5.74) is 2.61. The maximum absolute atomic E-state index is 3.69. The van der Waals surface area contributed by atoms with Crippen LogP contribution in [-0.2, 0) is 0 Å². The van der Waals surface area contributed by atoms with Crippen molar-refractivity contribution >= 4 is 21.6 Å². The molecule has 2 nitrogen and oxygen atoms in total. The number of aryl methyl sites for hydroxylation is 1. The van der Waals surface area contributed by atoms with Gasteiger partial charge < -0.3 is 5.32 Å². The van der Waals surface area contributed by atoms with E-state index in [4.69, 9.17) is 0 Å². The van der Waals surface area contributed by atoms with Crippen LogP contribution in [0, 0.1) is 6.92 Å². The van der Waals surface area contributed by atoms with E-state index in [9.17, 15) is 0 Å². The van der Waals surface area contributed by atoms with Crippen LogP contribution >= 0.6 is 15.9 Å². The fourth-order valence-corrected chi connectivity index (χ4v) is 3.01. The van der Waals surface area contributed by atoms with Crippen LogP contribution in [0.1, 0.15) is 24.8 Å². The standard InChI is InChI=1S/C14H19BrN2/c1-10-2-3-11(15)8-14(10)16-12-6-7-17(9-12)13-4-5-13/h2-3,8,12-13,16H,4-7,9H2,1H3. The molecule has 0 amide bonds. The van der Waals surface area contributed by atoms with Crippen molar-refractivity contribution in [3.63, 3.8) is 0 Å². The molecule has 3 heteroatoms. The molecule has 0 spiro atoms. The summed E-state index contributed by atoms with van der Waals surface area (Å²) >= 11 is 3.54. The molecule has 1 N–H and O–H groups in total. The third kappa shape index (κ3) is 2.66. The fraction of sp³-hybridized carbons (Fsp3) is 0.571. The molecule has 2 fully saturated rings. The summed E-state index contributed by atoms with van der Waals surface area (Å²) in [6.07, 6.45) is 4.12. The maximum atomic E-state index is 3.69. The second kappa shape index (κ2) is 4.62. The van der Waals surface area contributed by atoms with Crippen molar-refractivity contribution in [1.82, 2.24) is 4.90 Å². The van der Waals surface area contributed by atoms with Gasteiger partial charge >= 0.3 is 0 Å². The number of likely N-dealkylation sites (tertiary alicyclic amines) is 1. The highest BCUT2D eigenvalue weighted by atomic mass is 79.9. The number of benzene rings is 1. The van der Waals surface area contributed by atoms with E-state index in [1.165, 1.54) is 43.6 Å². The van der Waals surface area contributed by atoms with Crippen LogP contribution in [0.2, 0.25) is 0 Å². The molecule has 1 aromatic carbocycles. The number of nitrogens with one attached hydrogen (secondary N) is 1. The van der Waals surface area contributed by atoms with Crippen molar-refractivity contribution in [1.29, 1.82) is 0 Å². The van der Waals surface area contributed by atoms with Gasteiger partial charge in [-0.1, -0.05) is 22.0 Å². The zero-order valence-corrected chi connectivity index (χ0v) is 11.8. The third-order valence-corrected chi connectivity index (χ3v) is 4.34. The average Bonchev–Trinajstić information content (AvgIpc) is 3.05. The van der Waals surface area contributed by atoms with Crippen molar-refractivity contribution in [2.24, 2.45) is 0 Å². The first-order valence-electron chi connectivity index (χ1n) is 6.49. The minimum Gasteiger partial charge on any atom is -0.381 e. The summed E-state index contributed by atoms with van der Waals surface area (Å²) in [5, 5.41) is 3.69. The fourth-order valence-electron chi connectivity index (χ4n) is 2.65. The summed E-state index contributed by atoms with van der Waals surface area (Å²) in [6, 6.07) is 8.00. The minimum absolute atomic E-state index is 0.628. The Morgan fingerprint density at radius 2 is 2.12 bits per heavy atom. The van der Waals surface area contributed by atoms with Crippen LogP contribution in [0.4, 0.5) is 5.69 Å². The average molecular weight is 295 g/mol. The van der Waals surface area contributed by atoms with Crippen LogP contribution in [0.15, 0.2) is 22.7 Å². The molecule has 2 aliphatic rings. The van der Waals surface area contributed by atoms with E-state index < -0.39 is 0 Å². The molecule has 1 heterocycles. The first-order chi connectivity index (χ1) is 8.22. The molecule has 3 rings (SSSR count). The van der Waals surface area contributed by atoms with Gasteiger partial charge in [0.15, 0.2) is 0 Å². The molecule has 17 heavy (non-hydrogen) atoms. The highest BCUT2D eigenvalue weighted by Crippen LogP contribution is 2.31. The quantitative estimate of drug-likeness (QED) is 0.919. The van der Waals surface area contributed by atoms with Gasteiger partial charge in [0.05, 0.1) is 0 Å². The van der Waals surface area contributed by atoms with E-state index in [0.717, 1.165) is 10.5 Å². The second-order valence-electron chi connectivity index (χ2n) is 5.32. The monoisotopic (exact) mass is 294 g/mol. The molecule has 1 saturated heterocycles. The largest absolute Gasteiger partial charge is 0.381 e. The molecule has 0 aromatic heterocycles. The molecular weight excluding hydrogens is 276 g/mol. The van der Waals surface area contributed by atoms with Crippen LogP contribution < -0.4 is 5.32 Å². The molecule has 1 aromatic rings. The van der Waals surface area contributed by atoms with Gasteiger partial charge in [-0.3, -0.25) is 4.90 Å². The Bertz CT molecular complexity index is 415. The minimum atomic E-state index is 0.628. The maximum Gasteiger partial charge on any atom is 0.0400 e. The zero-order chi connectivity index (χ0) is 11.8. The van der Waals surface area contributed by atoms with Crippen molar-refractivity contribution in [3.8, 4) is 0 Å². The van der Waals surface area contributed by atoms with Gasteiger partial charge in [-0.2, -0.15) is 0 Å². The highest BCUT2D eigenvalue weighted by Gasteiger charge is 2.34. The van der Waals surface area contributed by atoms with Gasteiger partial charge in [0.1, 0.15) is 0 Å². The lowest BCUT2D eigenvalue weighted by molar-refractivity contribution is 0.326. The van der Waals surface area contributed by atoms with Gasteiger partial charge in [-0.15, -0.1) is 0 Å². The van der Waals surface area contributed by atoms with Crippen molar-refractivity contribution in [3.05, 3.63) is 28.2 Å². The Balaban J connectivity index is 1.64.